The normalized spacial score (nSPS) is 9.56. The van der Waals surface area contributed by atoms with Crippen LogP contribution in [-0.4, -0.2) is 22.7 Å². The van der Waals surface area contributed by atoms with Gasteiger partial charge >= 0.3 is 5.97 Å². The number of anilines is 1. The molecule has 6 heteroatoms. The van der Waals surface area contributed by atoms with Crippen LogP contribution in [0.2, 0.25) is 0 Å². The van der Waals surface area contributed by atoms with Gasteiger partial charge in [0.15, 0.2) is 5.11 Å². The fourth-order valence-electron chi connectivity index (χ4n) is 1.01. The number of nitrogens with one attached hydrogen (secondary N) is 2. The molecule has 1 rings (SSSR count). The zero-order valence-electron chi connectivity index (χ0n) is 8.37. The Kier molecular flexibility index (Phi) is 4.65. The minimum absolute atomic E-state index is 0.0426. The van der Waals surface area contributed by atoms with E-state index in [-0.39, 0.29) is 23.8 Å². The van der Waals surface area contributed by atoms with Crippen molar-refractivity contribution < 1.29 is 14.3 Å². The Balaban J connectivity index is 2.40. The van der Waals surface area contributed by atoms with Crippen LogP contribution in [-0.2, 0) is 4.79 Å². The summed E-state index contributed by atoms with van der Waals surface area (Å²) in [6.07, 6.45) is -0.0426. The Bertz CT molecular complexity index is 398. The molecule has 0 radical (unpaired) electrons. The Morgan fingerprint density at radius 3 is 2.75 bits per heavy atom. The van der Waals surface area contributed by atoms with Gasteiger partial charge in [0, 0.05) is 6.54 Å². The van der Waals surface area contributed by atoms with Gasteiger partial charge in [0.2, 0.25) is 0 Å². The number of aliphatic carboxylic acids is 1. The lowest BCUT2D eigenvalue weighted by molar-refractivity contribution is -0.136. The molecule has 0 aliphatic rings. The molecule has 0 unspecified atom stereocenters. The van der Waals surface area contributed by atoms with E-state index in [4.69, 9.17) is 17.3 Å². The Morgan fingerprint density at radius 1 is 1.44 bits per heavy atom. The van der Waals surface area contributed by atoms with E-state index in [9.17, 15) is 9.18 Å². The average Bonchev–Trinajstić information content (AvgIpc) is 2.21. The molecule has 0 fully saturated rings. The highest BCUT2D eigenvalue weighted by atomic mass is 32.1. The van der Waals surface area contributed by atoms with Crippen LogP contribution in [0.5, 0.6) is 0 Å². The largest absolute Gasteiger partial charge is 0.481 e. The van der Waals surface area contributed by atoms with Gasteiger partial charge in [0.25, 0.3) is 0 Å². The molecule has 0 saturated heterocycles. The summed E-state index contributed by atoms with van der Waals surface area (Å²) in [4.78, 5) is 10.2. The number of carbonyl (C=O) groups is 1. The molecule has 16 heavy (non-hydrogen) atoms. The standard InChI is InChI=1S/C10H11FN2O2S/c11-7-3-1-2-4-8(7)13-10(16)12-6-5-9(14)15/h1-4H,5-6H2,(H,14,15)(H2,12,13,16). The van der Waals surface area contributed by atoms with Crippen LogP contribution in [0, 0.1) is 5.82 Å². The van der Waals surface area contributed by atoms with Gasteiger partial charge in [-0.05, 0) is 24.4 Å². The summed E-state index contributed by atoms with van der Waals surface area (Å²) >= 11 is 4.87. The van der Waals surface area contributed by atoms with Crippen LogP contribution in [0.1, 0.15) is 6.42 Å². The smallest absolute Gasteiger partial charge is 0.305 e. The molecule has 0 heterocycles. The number of halogens is 1. The highest BCUT2D eigenvalue weighted by Gasteiger charge is 2.03. The van der Waals surface area contributed by atoms with Crippen molar-refractivity contribution in [1.82, 2.24) is 5.32 Å². The maximum absolute atomic E-state index is 13.2. The molecule has 86 valence electrons. The molecule has 3 N–H and O–H groups in total. The lowest BCUT2D eigenvalue weighted by Crippen LogP contribution is -2.30. The van der Waals surface area contributed by atoms with Gasteiger partial charge in [-0.1, -0.05) is 12.1 Å². The molecule has 1 aromatic carbocycles. The molecule has 4 nitrogen and oxygen atoms in total. The number of carboxylic acid groups (broad SMARTS) is 1. The van der Waals surface area contributed by atoms with E-state index in [0.717, 1.165) is 0 Å². The van der Waals surface area contributed by atoms with Crippen molar-refractivity contribution in [3.05, 3.63) is 30.1 Å². The van der Waals surface area contributed by atoms with E-state index in [1.807, 2.05) is 0 Å². The molecular formula is C10H11FN2O2S. The summed E-state index contributed by atoms with van der Waals surface area (Å²) < 4.78 is 13.2. The van der Waals surface area contributed by atoms with Crippen molar-refractivity contribution >= 4 is 29.0 Å². The molecular weight excluding hydrogens is 231 g/mol. The second-order valence-corrected chi connectivity index (χ2v) is 3.41. The summed E-state index contributed by atoms with van der Waals surface area (Å²) in [5.74, 6) is -1.33. The van der Waals surface area contributed by atoms with Gasteiger partial charge in [-0.2, -0.15) is 0 Å². The first kappa shape index (κ1) is 12.4. The summed E-state index contributed by atoms with van der Waals surface area (Å²) in [6, 6.07) is 6.09. The third kappa shape index (κ3) is 4.22. The van der Waals surface area contributed by atoms with E-state index < -0.39 is 11.8 Å². The first-order valence-corrected chi connectivity index (χ1v) is 5.01. The van der Waals surface area contributed by atoms with Gasteiger partial charge in [-0.15, -0.1) is 0 Å². The SMILES string of the molecule is O=C(O)CCNC(=S)Nc1ccccc1F. The van der Waals surface area contributed by atoms with E-state index >= 15 is 0 Å². The van der Waals surface area contributed by atoms with E-state index in [1.165, 1.54) is 6.07 Å². The number of para-hydroxylation sites is 1. The Hall–Kier alpha value is -1.69. The highest BCUT2D eigenvalue weighted by Crippen LogP contribution is 2.11. The fourth-order valence-corrected chi connectivity index (χ4v) is 1.22. The number of rotatable bonds is 4. The Morgan fingerprint density at radius 2 is 2.12 bits per heavy atom. The number of carboxylic acids is 1. The van der Waals surface area contributed by atoms with Crippen LogP contribution < -0.4 is 10.6 Å². The predicted octanol–water partition coefficient (Wildman–Crippen LogP) is 1.59. The minimum Gasteiger partial charge on any atom is -0.481 e. The van der Waals surface area contributed by atoms with E-state index in [1.54, 1.807) is 18.2 Å². The Labute approximate surface area is 97.5 Å². The molecule has 0 aliphatic heterocycles. The van der Waals surface area contributed by atoms with Crippen LogP contribution in [0.25, 0.3) is 0 Å². The van der Waals surface area contributed by atoms with Crippen LogP contribution in [0.15, 0.2) is 24.3 Å². The molecule has 0 spiro atoms. The third-order valence-corrected chi connectivity index (χ3v) is 1.99. The second kappa shape index (κ2) is 6.02. The number of benzene rings is 1. The number of hydrogen-bond donors (Lipinski definition) is 3. The van der Waals surface area contributed by atoms with Crippen molar-refractivity contribution in [2.45, 2.75) is 6.42 Å². The van der Waals surface area contributed by atoms with Gasteiger partial charge in [-0.3, -0.25) is 4.79 Å². The molecule has 0 saturated carbocycles. The van der Waals surface area contributed by atoms with Gasteiger partial charge in [0.05, 0.1) is 12.1 Å². The lowest BCUT2D eigenvalue weighted by Gasteiger charge is -2.09. The molecule has 0 bridgehead atoms. The summed E-state index contributed by atoms with van der Waals surface area (Å²) in [5, 5.41) is 13.9. The lowest BCUT2D eigenvalue weighted by atomic mass is 10.3. The number of thiocarbonyl (C=S) groups is 1. The molecule has 0 aliphatic carbocycles. The molecule has 0 atom stereocenters. The number of hydrogen-bond acceptors (Lipinski definition) is 2. The molecule has 0 amide bonds. The highest BCUT2D eigenvalue weighted by molar-refractivity contribution is 7.80. The average molecular weight is 242 g/mol. The topological polar surface area (TPSA) is 61.4 Å². The van der Waals surface area contributed by atoms with E-state index in [0.29, 0.717) is 0 Å². The van der Waals surface area contributed by atoms with E-state index in [2.05, 4.69) is 10.6 Å². The van der Waals surface area contributed by atoms with Crippen molar-refractivity contribution in [3.8, 4) is 0 Å². The van der Waals surface area contributed by atoms with Crippen LogP contribution in [0.4, 0.5) is 10.1 Å². The molecule has 0 aromatic heterocycles. The van der Waals surface area contributed by atoms with Crippen molar-refractivity contribution in [2.24, 2.45) is 0 Å². The quantitative estimate of drug-likeness (QED) is 0.700. The fraction of sp³-hybridized carbons (Fsp3) is 0.200. The van der Waals surface area contributed by atoms with Gasteiger partial charge in [-0.25, -0.2) is 4.39 Å². The molecule has 1 aromatic rings. The van der Waals surface area contributed by atoms with Crippen LogP contribution >= 0.6 is 12.2 Å². The van der Waals surface area contributed by atoms with Crippen molar-refractivity contribution in [3.63, 3.8) is 0 Å². The zero-order valence-corrected chi connectivity index (χ0v) is 9.18. The first-order valence-electron chi connectivity index (χ1n) is 4.61. The summed E-state index contributed by atoms with van der Waals surface area (Å²) in [7, 11) is 0. The van der Waals surface area contributed by atoms with Crippen molar-refractivity contribution in [1.29, 1.82) is 0 Å². The zero-order chi connectivity index (χ0) is 12.0. The third-order valence-electron chi connectivity index (χ3n) is 1.75. The maximum Gasteiger partial charge on any atom is 0.305 e. The maximum atomic E-state index is 13.2. The monoisotopic (exact) mass is 242 g/mol. The van der Waals surface area contributed by atoms with Gasteiger partial charge < -0.3 is 15.7 Å². The minimum atomic E-state index is -0.916. The van der Waals surface area contributed by atoms with Gasteiger partial charge in [0.1, 0.15) is 5.82 Å². The predicted molar refractivity (Wildman–Crippen MR) is 62.9 cm³/mol. The first-order chi connectivity index (χ1) is 7.59. The summed E-state index contributed by atoms with van der Waals surface area (Å²) in [5.41, 5.74) is 0.260. The second-order valence-electron chi connectivity index (χ2n) is 3.00. The summed E-state index contributed by atoms with van der Waals surface area (Å²) in [6.45, 7) is 0.204. The van der Waals surface area contributed by atoms with Crippen LogP contribution in [0.3, 0.4) is 0 Å². The van der Waals surface area contributed by atoms with Crippen molar-refractivity contribution in [2.75, 3.05) is 11.9 Å².